The molecule has 0 unspecified atom stereocenters. The van der Waals surface area contributed by atoms with Crippen LogP contribution in [-0.4, -0.2) is 54.3 Å². The van der Waals surface area contributed by atoms with Crippen molar-refractivity contribution >= 4 is 23.5 Å². The summed E-state index contributed by atoms with van der Waals surface area (Å²) in [4.78, 5) is 40.4. The third-order valence-corrected chi connectivity index (χ3v) is 6.03. The molecule has 0 saturated heterocycles. The van der Waals surface area contributed by atoms with Gasteiger partial charge in [-0.05, 0) is 36.6 Å². The Bertz CT molecular complexity index is 979. The van der Waals surface area contributed by atoms with Gasteiger partial charge in [-0.25, -0.2) is 4.79 Å². The SMILES string of the molecule is CCN1Cc2cc(CNC(=O)NCC(=O)N(C)[C@H](C)c3ccccc3)ccc2NCCC1=O. The number of nitrogens with zero attached hydrogens (tertiary/aromatic N) is 2. The first-order chi connectivity index (χ1) is 15.9. The van der Waals surface area contributed by atoms with Crippen molar-refractivity contribution in [2.24, 2.45) is 0 Å². The number of carbonyl (C=O) groups excluding carboxylic acids is 3. The van der Waals surface area contributed by atoms with Gasteiger partial charge in [0, 0.05) is 45.3 Å². The molecule has 0 aliphatic carbocycles. The maximum Gasteiger partial charge on any atom is 0.315 e. The molecule has 0 fully saturated rings. The van der Waals surface area contributed by atoms with Crippen LogP contribution in [0.15, 0.2) is 48.5 Å². The summed E-state index contributed by atoms with van der Waals surface area (Å²) in [5, 5.41) is 8.74. The van der Waals surface area contributed by atoms with Gasteiger partial charge in [-0.15, -0.1) is 0 Å². The zero-order valence-electron chi connectivity index (χ0n) is 19.6. The number of benzene rings is 2. The smallest absolute Gasteiger partial charge is 0.315 e. The van der Waals surface area contributed by atoms with E-state index in [1.165, 1.54) is 0 Å². The third kappa shape index (κ3) is 6.47. The lowest BCUT2D eigenvalue weighted by molar-refractivity contribution is -0.131. The number of fused-ring (bicyclic) bond motifs is 1. The lowest BCUT2D eigenvalue weighted by Crippen LogP contribution is -2.43. The average Bonchev–Trinajstić information content (AvgIpc) is 2.83. The van der Waals surface area contributed by atoms with E-state index in [-0.39, 0.29) is 24.4 Å². The van der Waals surface area contributed by atoms with Crippen LogP contribution in [-0.2, 0) is 22.7 Å². The van der Waals surface area contributed by atoms with E-state index in [2.05, 4.69) is 16.0 Å². The van der Waals surface area contributed by atoms with Crippen molar-refractivity contribution in [1.29, 1.82) is 0 Å². The summed E-state index contributed by atoms with van der Waals surface area (Å²) in [6, 6.07) is 15.2. The molecule has 3 rings (SSSR count). The summed E-state index contributed by atoms with van der Waals surface area (Å²) in [6.07, 6.45) is 0.481. The summed E-state index contributed by atoms with van der Waals surface area (Å²) in [7, 11) is 1.73. The number of nitrogens with one attached hydrogen (secondary N) is 3. The fourth-order valence-corrected chi connectivity index (χ4v) is 3.80. The highest BCUT2D eigenvalue weighted by atomic mass is 16.2. The molecule has 0 saturated carbocycles. The molecule has 0 bridgehead atoms. The van der Waals surface area contributed by atoms with Gasteiger partial charge in [-0.3, -0.25) is 9.59 Å². The summed E-state index contributed by atoms with van der Waals surface area (Å²) in [6.45, 7) is 5.97. The summed E-state index contributed by atoms with van der Waals surface area (Å²) in [5.74, 6) is -0.0345. The molecule has 0 spiro atoms. The Balaban J connectivity index is 1.50. The molecule has 1 aliphatic rings. The second-order valence-electron chi connectivity index (χ2n) is 8.20. The molecule has 1 heterocycles. The normalized spacial score (nSPS) is 14.3. The van der Waals surface area contributed by atoms with E-state index >= 15 is 0 Å². The molecule has 2 aromatic carbocycles. The van der Waals surface area contributed by atoms with Crippen molar-refractivity contribution in [1.82, 2.24) is 20.4 Å². The van der Waals surface area contributed by atoms with E-state index in [1.54, 1.807) is 11.9 Å². The van der Waals surface area contributed by atoms with E-state index in [0.717, 1.165) is 22.4 Å². The molecule has 0 aromatic heterocycles. The number of amides is 4. The van der Waals surface area contributed by atoms with Gasteiger partial charge in [0.25, 0.3) is 0 Å². The zero-order valence-corrected chi connectivity index (χ0v) is 19.6. The van der Waals surface area contributed by atoms with Crippen LogP contribution in [0, 0.1) is 0 Å². The Morgan fingerprint density at radius 1 is 1.15 bits per heavy atom. The van der Waals surface area contributed by atoms with Gasteiger partial charge >= 0.3 is 6.03 Å². The predicted molar refractivity (Wildman–Crippen MR) is 129 cm³/mol. The van der Waals surface area contributed by atoms with E-state index in [4.69, 9.17) is 0 Å². The van der Waals surface area contributed by atoms with Crippen LogP contribution in [0.5, 0.6) is 0 Å². The molecule has 1 atom stereocenters. The average molecular weight is 452 g/mol. The van der Waals surface area contributed by atoms with Crippen molar-refractivity contribution in [3.8, 4) is 0 Å². The molecule has 176 valence electrons. The Labute approximate surface area is 195 Å². The molecule has 4 amide bonds. The first-order valence-electron chi connectivity index (χ1n) is 11.3. The quantitative estimate of drug-likeness (QED) is 0.603. The number of carbonyl (C=O) groups is 3. The monoisotopic (exact) mass is 451 g/mol. The third-order valence-electron chi connectivity index (χ3n) is 6.03. The highest BCUT2D eigenvalue weighted by Gasteiger charge is 2.19. The van der Waals surface area contributed by atoms with Gasteiger partial charge < -0.3 is 25.8 Å². The molecule has 0 radical (unpaired) electrons. The van der Waals surface area contributed by atoms with Crippen LogP contribution < -0.4 is 16.0 Å². The Hall–Kier alpha value is -3.55. The minimum Gasteiger partial charge on any atom is -0.384 e. The van der Waals surface area contributed by atoms with Gasteiger partial charge in [0.05, 0.1) is 12.6 Å². The molecular formula is C25H33N5O3. The topological polar surface area (TPSA) is 93.8 Å². The second kappa shape index (κ2) is 11.4. The first kappa shape index (κ1) is 24.1. The number of rotatable bonds is 7. The van der Waals surface area contributed by atoms with Gasteiger partial charge in [-0.1, -0.05) is 42.5 Å². The highest BCUT2D eigenvalue weighted by Crippen LogP contribution is 2.22. The van der Waals surface area contributed by atoms with Crippen LogP contribution in [0.4, 0.5) is 10.5 Å². The summed E-state index contributed by atoms with van der Waals surface area (Å²) < 4.78 is 0. The molecule has 33 heavy (non-hydrogen) atoms. The number of hydrogen-bond acceptors (Lipinski definition) is 4. The van der Waals surface area contributed by atoms with Gasteiger partial charge in [-0.2, -0.15) is 0 Å². The van der Waals surface area contributed by atoms with Crippen molar-refractivity contribution in [3.05, 3.63) is 65.2 Å². The molecule has 3 N–H and O–H groups in total. The Morgan fingerprint density at radius 2 is 1.91 bits per heavy atom. The molecule has 2 aromatic rings. The molecule has 8 heteroatoms. The summed E-state index contributed by atoms with van der Waals surface area (Å²) in [5.41, 5.74) is 4.00. The van der Waals surface area contributed by atoms with Crippen LogP contribution in [0.2, 0.25) is 0 Å². The Morgan fingerprint density at radius 3 is 2.64 bits per heavy atom. The lowest BCUT2D eigenvalue weighted by atomic mass is 10.1. The van der Waals surface area contributed by atoms with E-state index in [0.29, 0.717) is 32.6 Å². The van der Waals surface area contributed by atoms with E-state index in [1.807, 2.05) is 67.3 Å². The van der Waals surface area contributed by atoms with Gasteiger partial charge in [0.1, 0.15) is 0 Å². The predicted octanol–water partition coefficient (Wildman–Crippen LogP) is 2.87. The largest absolute Gasteiger partial charge is 0.384 e. The Kier molecular flexibility index (Phi) is 8.29. The van der Waals surface area contributed by atoms with Crippen molar-refractivity contribution < 1.29 is 14.4 Å². The molecule has 1 aliphatic heterocycles. The molecular weight excluding hydrogens is 418 g/mol. The van der Waals surface area contributed by atoms with Crippen molar-refractivity contribution in [2.75, 3.05) is 32.0 Å². The van der Waals surface area contributed by atoms with Crippen molar-refractivity contribution in [2.45, 2.75) is 39.4 Å². The number of likely N-dealkylation sites (N-methyl/N-ethyl adjacent to an activating group) is 1. The van der Waals surface area contributed by atoms with Crippen LogP contribution in [0.3, 0.4) is 0 Å². The van der Waals surface area contributed by atoms with Crippen LogP contribution >= 0.6 is 0 Å². The van der Waals surface area contributed by atoms with Gasteiger partial charge in [0.2, 0.25) is 11.8 Å². The number of urea groups is 1. The number of hydrogen-bond donors (Lipinski definition) is 3. The zero-order chi connectivity index (χ0) is 23.8. The minimum atomic E-state index is -0.403. The van der Waals surface area contributed by atoms with E-state index in [9.17, 15) is 14.4 Å². The van der Waals surface area contributed by atoms with Gasteiger partial charge in [0.15, 0.2) is 0 Å². The first-order valence-corrected chi connectivity index (χ1v) is 11.3. The second-order valence-corrected chi connectivity index (χ2v) is 8.20. The number of anilines is 1. The standard InChI is InChI=1S/C25H33N5O3/c1-4-30-17-21-14-19(10-11-22(21)26-13-12-23(30)31)15-27-25(33)28-16-24(32)29(3)18(2)20-8-6-5-7-9-20/h5-11,14,18,26H,4,12-13,15-17H2,1-3H3,(H2,27,28,33)/t18-/m1/s1. The minimum absolute atomic E-state index is 0.0822. The fourth-order valence-electron chi connectivity index (χ4n) is 3.80. The maximum atomic E-state index is 12.5. The lowest BCUT2D eigenvalue weighted by Gasteiger charge is -2.26. The van der Waals surface area contributed by atoms with Crippen molar-refractivity contribution in [3.63, 3.8) is 0 Å². The fraction of sp³-hybridized carbons (Fsp3) is 0.400. The van der Waals surface area contributed by atoms with Crippen LogP contribution in [0.1, 0.15) is 43.0 Å². The summed E-state index contributed by atoms with van der Waals surface area (Å²) >= 11 is 0. The highest BCUT2D eigenvalue weighted by molar-refractivity contribution is 5.84. The van der Waals surface area contributed by atoms with E-state index < -0.39 is 6.03 Å². The maximum absolute atomic E-state index is 12.5. The van der Waals surface area contributed by atoms with Crippen LogP contribution in [0.25, 0.3) is 0 Å². The molecule has 8 nitrogen and oxygen atoms in total.